The van der Waals surface area contributed by atoms with Gasteiger partial charge in [-0.25, -0.2) is 4.39 Å². The number of fused-ring (bicyclic) bond motifs is 1. The third-order valence-corrected chi connectivity index (χ3v) is 8.21. The zero-order valence-corrected chi connectivity index (χ0v) is 21.8. The smallest absolute Gasteiger partial charge is 0.255 e. The number of para-hydroxylation sites is 2. The van der Waals surface area contributed by atoms with E-state index in [1.807, 2.05) is 24.3 Å². The van der Waals surface area contributed by atoms with Gasteiger partial charge in [0.15, 0.2) is 12.2 Å². The molecule has 2 aromatic carbocycles. The predicted molar refractivity (Wildman–Crippen MR) is 144 cm³/mol. The summed E-state index contributed by atoms with van der Waals surface area (Å²) in [6, 6.07) is 17.6. The number of likely N-dealkylation sites (tertiary alicyclic amines) is 1. The SMILES string of the molecule is CC1Nc2ccccc2N1Cc1ccc(CNC(=O)[C@H](O)C(O)C(=O)N2CCCC2c2ccc(F)cc2)s1. The first-order valence-electron chi connectivity index (χ1n) is 12.7. The van der Waals surface area contributed by atoms with Gasteiger partial charge in [-0.15, -0.1) is 11.3 Å². The van der Waals surface area contributed by atoms with Crippen molar-refractivity contribution >= 4 is 34.5 Å². The molecular weight excluding hydrogens is 507 g/mol. The number of thiophene rings is 1. The molecule has 1 fully saturated rings. The minimum Gasteiger partial charge on any atom is -0.380 e. The number of carbonyl (C=O) groups excluding carboxylic acids is 2. The van der Waals surface area contributed by atoms with Gasteiger partial charge in [-0.1, -0.05) is 24.3 Å². The van der Waals surface area contributed by atoms with Crippen molar-refractivity contribution in [3.63, 3.8) is 0 Å². The van der Waals surface area contributed by atoms with Gasteiger partial charge in [0.25, 0.3) is 11.8 Å². The average molecular weight is 539 g/mol. The summed E-state index contributed by atoms with van der Waals surface area (Å²) in [5.41, 5.74) is 2.99. The molecule has 5 rings (SSSR count). The molecule has 2 aliphatic heterocycles. The molecule has 0 radical (unpaired) electrons. The fraction of sp³-hybridized carbons (Fsp3) is 0.357. The van der Waals surface area contributed by atoms with Crippen molar-refractivity contribution in [2.75, 3.05) is 16.8 Å². The fourth-order valence-electron chi connectivity index (χ4n) is 5.14. The number of carbonyl (C=O) groups is 2. The molecule has 2 aliphatic rings. The molecule has 0 saturated carbocycles. The Morgan fingerprint density at radius 3 is 2.61 bits per heavy atom. The average Bonchev–Trinajstić information content (AvgIpc) is 3.66. The largest absolute Gasteiger partial charge is 0.380 e. The lowest BCUT2D eigenvalue weighted by Gasteiger charge is -2.28. The van der Waals surface area contributed by atoms with Crippen LogP contribution >= 0.6 is 11.3 Å². The van der Waals surface area contributed by atoms with Crippen LogP contribution in [-0.4, -0.2) is 51.8 Å². The standard InChI is InChI=1S/C28H31FN4O4S/c1-17-31-22-5-2-3-6-24(22)33(17)16-21-13-12-20(38-21)15-30-27(36)25(34)26(35)28(37)32-14-4-7-23(32)18-8-10-19(29)11-9-18/h2-3,5-6,8-13,17,23,25-26,31,34-35H,4,7,14-16H2,1H3,(H,30,36)/t17?,23?,25-,26?/m1/s1. The van der Waals surface area contributed by atoms with Crippen molar-refractivity contribution in [3.05, 3.63) is 81.8 Å². The van der Waals surface area contributed by atoms with Crippen LogP contribution in [0.4, 0.5) is 15.8 Å². The Kier molecular flexibility index (Phi) is 7.64. The Morgan fingerprint density at radius 1 is 1.08 bits per heavy atom. The maximum atomic E-state index is 13.3. The van der Waals surface area contributed by atoms with E-state index in [1.165, 1.54) is 17.0 Å². The zero-order chi connectivity index (χ0) is 26.8. The molecule has 0 spiro atoms. The summed E-state index contributed by atoms with van der Waals surface area (Å²) in [5.74, 6) is -1.90. The normalized spacial score (nSPS) is 20.1. The molecule has 10 heteroatoms. The molecule has 3 unspecified atom stereocenters. The molecule has 1 saturated heterocycles. The third-order valence-electron chi connectivity index (χ3n) is 7.14. The molecule has 4 atom stereocenters. The number of hydrogen-bond acceptors (Lipinski definition) is 7. The van der Waals surface area contributed by atoms with E-state index in [1.54, 1.807) is 23.5 Å². The van der Waals surface area contributed by atoms with Gasteiger partial charge in [-0.05, 0) is 61.7 Å². The van der Waals surface area contributed by atoms with Crippen molar-refractivity contribution in [1.82, 2.24) is 10.2 Å². The van der Waals surface area contributed by atoms with E-state index in [9.17, 15) is 24.2 Å². The summed E-state index contributed by atoms with van der Waals surface area (Å²) in [7, 11) is 0. The first-order chi connectivity index (χ1) is 18.3. The van der Waals surface area contributed by atoms with Gasteiger partial charge < -0.3 is 30.6 Å². The second-order valence-corrected chi connectivity index (χ2v) is 10.9. The van der Waals surface area contributed by atoms with Gasteiger partial charge >= 0.3 is 0 Å². The van der Waals surface area contributed by atoms with Crippen LogP contribution in [0.5, 0.6) is 0 Å². The minimum atomic E-state index is -1.90. The fourth-order valence-corrected chi connectivity index (χ4v) is 6.10. The Balaban J connectivity index is 1.15. The molecule has 38 heavy (non-hydrogen) atoms. The number of halogens is 1. The quantitative estimate of drug-likeness (QED) is 0.351. The zero-order valence-electron chi connectivity index (χ0n) is 21.0. The van der Waals surface area contributed by atoms with Crippen LogP contribution in [0, 0.1) is 5.82 Å². The van der Waals surface area contributed by atoms with E-state index in [0.717, 1.165) is 26.7 Å². The number of anilines is 2. The van der Waals surface area contributed by atoms with Crippen molar-refractivity contribution in [2.24, 2.45) is 0 Å². The first kappa shape index (κ1) is 26.1. The number of hydrogen-bond donors (Lipinski definition) is 4. The molecule has 2 amide bonds. The summed E-state index contributed by atoms with van der Waals surface area (Å²) < 4.78 is 13.3. The van der Waals surface area contributed by atoms with E-state index in [4.69, 9.17) is 0 Å². The summed E-state index contributed by atoms with van der Waals surface area (Å²) in [6.45, 7) is 3.38. The number of nitrogens with zero attached hydrogens (tertiary/aromatic N) is 2. The number of amides is 2. The number of nitrogens with one attached hydrogen (secondary N) is 2. The highest BCUT2D eigenvalue weighted by Gasteiger charge is 2.38. The Morgan fingerprint density at radius 2 is 1.82 bits per heavy atom. The molecule has 4 N–H and O–H groups in total. The molecule has 200 valence electrons. The van der Waals surface area contributed by atoms with E-state index in [0.29, 0.717) is 25.9 Å². The molecule has 1 aromatic heterocycles. The second kappa shape index (κ2) is 11.1. The summed E-state index contributed by atoms with van der Waals surface area (Å²) in [6.07, 6.45) is -2.26. The van der Waals surface area contributed by atoms with Crippen LogP contribution < -0.4 is 15.5 Å². The van der Waals surface area contributed by atoms with E-state index in [2.05, 4.69) is 34.6 Å². The van der Waals surface area contributed by atoms with Crippen LogP contribution in [0.2, 0.25) is 0 Å². The van der Waals surface area contributed by atoms with E-state index < -0.39 is 24.0 Å². The summed E-state index contributed by atoms with van der Waals surface area (Å²) in [4.78, 5) is 31.3. The number of aliphatic hydroxyl groups is 2. The maximum absolute atomic E-state index is 13.3. The number of rotatable bonds is 8. The maximum Gasteiger partial charge on any atom is 0.255 e. The minimum absolute atomic E-state index is 0.157. The lowest BCUT2D eigenvalue weighted by Crippen LogP contribution is -2.50. The number of aliphatic hydroxyl groups excluding tert-OH is 2. The highest BCUT2D eigenvalue weighted by atomic mass is 32.1. The molecule has 0 bridgehead atoms. The summed E-state index contributed by atoms with van der Waals surface area (Å²) >= 11 is 1.55. The number of benzene rings is 2. The lowest BCUT2D eigenvalue weighted by molar-refractivity contribution is -0.153. The van der Waals surface area contributed by atoms with Crippen LogP contribution in [0.1, 0.15) is 41.1 Å². The van der Waals surface area contributed by atoms with Gasteiger partial charge in [0.1, 0.15) is 5.82 Å². The van der Waals surface area contributed by atoms with Gasteiger partial charge in [-0.2, -0.15) is 0 Å². The monoisotopic (exact) mass is 538 g/mol. The Labute approximate surface area is 224 Å². The first-order valence-corrected chi connectivity index (χ1v) is 13.5. The Bertz CT molecular complexity index is 1300. The van der Waals surface area contributed by atoms with Crippen LogP contribution in [-0.2, 0) is 22.7 Å². The van der Waals surface area contributed by atoms with Crippen molar-refractivity contribution in [1.29, 1.82) is 0 Å². The molecular formula is C28H31FN4O4S. The van der Waals surface area contributed by atoms with Gasteiger partial charge in [0.05, 0.1) is 36.7 Å². The lowest BCUT2D eigenvalue weighted by atomic mass is 10.0. The Hall–Kier alpha value is -3.47. The van der Waals surface area contributed by atoms with Crippen molar-refractivity contribution < 1.29 is 24.2 Å². The topological polar surface area (TPSA) is 105 Å². The van der Waals surface area contributed by atoms with Crippen molar-refractivity contribution in [2.45, 2.75) is 57.3 Å². The van der Waals surface area contributed by atoms with Crippen molar-refractivity contribution in [3.8, 4) is 0 Å². The van der Waals surface area contributed by atoms with Gasteiger partial charge in [0.2, 0.25) is 0 Å². The second-order valence-electron chi connectivity index (χ2n) is 9.68. The van der Waals surface area contributed by atoms with Crippen LogP contribution in [0.15, 0.2) is 60.7 Å². The predicted octanol–water partition coefficient (Wildman–Crippen LogP) is 3.37. The van der Waals surface area contributed by atoms with Crippen LogP contribution in [0.25, 0.3) is 0 Å². The molecule has 8 nitrogen and oxygen atoms in total. The third kappa shape index (κ3) is 5.38. The highest BCUT2D eigenvalue weighted by Crippen LogP contribution is 2.36. The molecule has 3 heterocycles. The van der Waals surface area contributed by atoms with Gasteiger partial charge in [0, 0.05) is 16.3 Å². The highest BCUT2D eigenvalue weighted by molar-refractivity contribution is 7.12. The van der Waals surface area contributed by atoms with E-state index in [-0.39, 0.29) is 24.6 Å². The van der Waals surface area contributed by atoms with Gasteiger partial charge in [-0.3, -0.25) is 9.59 Å². The summed E-state index contributed by atoms with van der Waals surface area (Å²) in [5, 5.41) is 27.0. The molecule has 0 aliphatic carbocycles. The van der Waals surface area contributed by atoms with Crippen LogP contribution in [0.3, 0.4) is 0 Å². The van der Waals surface area contributed by atoms with E-state index >= 15 is 0 Å². The molecule has 3 aromatic rings.